The van der Waals surface area contributed by atoms with Crippen LogP contribution in [0.25, 0.3) is 0 Å². The quantitative estimate of drug-likeness (QED) is 0.202. The standard InChI is InChI=1S/C4H9ClO4/c5-3-7-1-2-8-4-9-6/h6H,1-4H2. The molecule has 0 saturated heterocycles. The summed E-state index contributed by atoms with van der Waals surface area (Å²) >= 11 is 5.16. The number of hydrogen-bond acceptors (Lipinski definition) is 4. The Labute approximate surface area is 58.2 Å². The molecule has 0 atom stereocenters. The first-order valence-corrected chi connectivity index (χ1v) is 2.93. The van der Waals surface area contributed by atoms with Crippen LogP contribution in [0.15, 0.2) is 0 Å². The van der Waals surface area contributed by atoms with E-state index in [1.54, 1.807) is 0 Å². The number of hydrogen-bond donors (Lipinski definition) is 1. The largest absolute Gasteiger partial charge is 0.363 e. The van der Waals surface area contributed by atoms with E-state index >= 15 is 0 Å². The maximum Gasteiger partial charge on any atom is 0.180 e. The van der Waals surface area contributed by atoms with Crippen molar-refractivity contribution in [2.24, 2.45) is 0 Å². The van der Waals surface area contributed by atoms with Gasteiger partial charge in [-0.2, -0.15) is 0 Å². The van der Waals surface area contributed by atoms with Gasteiger partial charge in [0.1, 0.15) is 6.07 Å². The molecular weight excluding hydrogens is 147 g/mol. The van der Waals surface area contributed by atoms with Gasteiger partial charge in [-0.15, -0.1) is 0 Å². The van der Waals surface area contributed by atoms with Crippen molar-refractivity contribution in [3.8, 4) is 0 Å². The number of alkyl halides is 1. The van der Waals surface area contributed by atoms with E-state index in [2.05, 4.69) is 14.4 Å². The molecule has 0 aromatic heterocycles. The highest BCUT2D eigenvalue weighted by atomic mass is 35.5. The first kappa shape index (κ1) is 9.13. The van der Waals surface area contributed by atoms with Crippen LogP contribution in [0.2, 0.25) is 0 Å². The van der Waals surface area contributed by atoms with Crippen LogP contribution in [-0.4, -0.2) is 31.3 Å². The van der Waals surface area contributed by atoms with Crippen molar-refractivity contribution in [3.63, 3.8) is 0 Å². The Balaban J connectivity index is 2.60. The number of ether oxygens (including phenoxy) is 2. The summed E-state index contributed by atoms with van der Waals surface area (Å²) in [4.78, 5) is 3.61. The summed E-state index contributed by atoms with van der Waals surface area (Å²) in [7, 11) is 0. The predicted molar refractivity (Wildman–Crippen MR) is 31.2 cm³/mol. The fraction of sp³-hybridized carbons (Fsp3) is 1.00. The molecule has 0 aliphatic rings. The Morgan fingerprint density at radius 1 is 1.22 bits per heavy atom. The molecule has 0 aromatic carbocycles. The van der Waals surface area contributed by atoms with Crippen LogP contribution < -0.4 is 0 Å². The molecule has 0 rings (SSSR count). The summed E-state index contributed by atoms with van der Waals surface area (Å²) in [5.74, 6) is 0. The van der Waals surface area contributed by atoms with Crippen molar-refractivity contribution in [1.82, 2.24) is 0 Å². The first-order chi connectivity index (χ1) is 4.41. The van der Waals surface area contributed by atoms with Gasteiger partial charge < -0.3 is 9.47 Å². The minimum absolute atomic E-state index is 0.133. The van der Waals surface area contributed by atoms with Crippen molar-refractivity contribution in [1.29, 1.82) is 0 Å². The first-order valence-electron chi connectivity index (χ1n) is 2.39. The Kier molecular flexibility index (Phi) is 8.25. The Bertz CT molecular complexity index is 45.8. The number of rotatable bonds is 6. The highest BCUT2D eigenvalue weighted by Crippen LogP contribution is 1.80. The van der Waals surface area contributed by atoms with Crippen molar-refractivity contribution in [2.45, 2.75) is 0 Å². The van der Waals surface area contributed by atoms with Gasteiger partial charge in [-0.3, -0.25) is 0 Å². The summed E-state index contributed by atoms with van der Waals surface area (Å²) in [5, 5.41) is 7.73. The van der Waals surface area contributed by atoms with E-state index < -0.39 is 0 Å². The molecule has 0 unspecified atom stereocenters. The lowest BCUT2D eigenvalue weighted by atomic mass is 10.8. The smallest absolute Gasteiger partial charge is 0.180 e. The molecule has 0 aliphatic heterocycles. The van der Waals surface area contributed by atoms with Crippen molar-refractivity contribution in [3.05, 3.63) is 0 Å². The Hall–Kier alpha value is 0.130. The topological polar surface area (TPSA) is 47.9 Å². The van der Waals surface area contributed by atoms with E-state index in [0.717, 1.165) is 0 Å². The van der Waals surface area contributed by atoms with E-state index in [9.17, 15) is 0 Å². The van der Waals surface area contributed by atoms with Crippen LogP contribution in [0.4, 0.5) is 0 Å². The zero-order chi connectivity index (χ0) is 6.95. The van der Waals surface area contributed by atoms with Gasteiger partial charge in [-0.25, -0.2) is 10.1 Å². The van der Waals surface area contributed by atoms with E-state index in [0.29, 0.717) is 13.2 Å². The molecule has 0 fully saturated rings. The SMILES string of the molecule is OOCOCCOCCl. The molecular formula is C4H9ClO4. The molecule has 0 bridgehead atoms. The summed E-state index contributed by atoms with van der Waals surface area (Å²) in [5.41, 5.74) is 0. The summed E-state index contributed by atoms with van der Waals surface area (Å²) < 4.78 is 9.31. The fourth-order valence-corrected chi connectivity index (χ4v) is 0.378. The zero-order valence-electron chi connectivity index (χ0n) is 4.88. The third-order valence-electron chi connectivity index (χ3n) is 0.585. The molecule has 5 heteroatoms. The Morgan fingerprint density at radius 2 is 1.89 bits per heavy atom. The van der Waals surface area contributed by atoms with E-state index in [4.69, 9.17) is 16.9 Å². The highest BCUT2D eigenvalue weighted by molar-refractivity contribution is 6.17. The lowest BCUT2D eigenvalue weighted by Crippen LogP contribution is -2.05. The van der Waals surface area contributed by atoms with E-state index in [1.165, 1.54) is 0 Å². The second-order valence-corrected chi connectivity index (χ2v) is 1.39. The molecule has 4 nitrogen and oxygen atoms in total. The van der Waals surface area contributed by atoms with Gasteiger partial charge in [0.15, 0.2) is 6.79 Å². The summed E-state index contributed by atoms with van der Waals surface area (Å²) in [6, 6.07) is 0.156. The molecule has 0 saturated carbocycles. The normalized spacial score (nSPS) is 10.0. The van der Waals surface area contributed by atoms with Gasteiger partial charge >= 0.3 is 0 Å². The molecule has 1 N–H and O–H groups in total. The van der Waals surface area contributed by atoms with Gasteiger partial charge in [-0.1, -0.05) is 11.6 Å². The van der Waals surface area contributed by atoms with Gasteiger partial charge in [0.2, 0.25) is 0 Å². The third-order valence-corrected chi connectivity index (χ3v) is 0.740. The molecule has 0 amide bonds. The van der Waals surface area contributed by atoms with Crippen LogP contribution in [0.3, 0.4) is 0 Å². The van der Waals surface area contributed by atoms with Gasteiger partial charge in [0.05, 0.1) is 13.2 Å². The van der Waals surface area contributed by atoms with Gasteiger partial charge in [0.25, 0.3) is 0 Å². The maximum absolute atomic E-state index is 7.73. The summed E-state index contributed by atoms with van der Waals surface area (Å²) in [6.07, 6.45) is 0. The fourth-order valence-electron chi connectivity index (χ4n) is 0.269. The number of halogens is 1. The molecule has 0 heterocycles. The molecule has 0 aliphatic carbocycles. The average Bonchev–Trinajstić information content (AvgIpc) is 1.89. The zero-order valence-corrected chi connectivity index (χ0v) is 5.63. The van der Waals surface area contributed by atoms with E-state index in [1.807, 2.05) is 0 Å². The minimum Gasteiger partial charge on any atom is -0.363 e. The van der Waals surface area contributed by atoms with E-state index in [-0.39, 0.29) is 12.9 Å². The third kappa shape index (κ3) is 8.13. The van der Waals surface area contributed by atoms with Gasteiger partial charge in [0, 0.05) is 0 Å². The monoisotopic (exact) mass is 156 g/mol. The second kappa shape index (κ2) is 8.13. The van der Waals surface area contributed by atoms with Crippen LogP contribution in [0.1, 0.15) is 0 Å². The van der Waals surface area contributed by atoms with Crippen LogP contribution in [0, 0.1) is 0 Å². The molecule has 0 spiro atoms. The van der Waals surface area contributed by atoms with Crippen LogP contribution >= 0.6 is 11.6 Å². The van der Waals surface area contributed by atoms with Crippen LogP contribution in [-0.2, 0) is 14.4 Å². The predicted octanol–water partition coefficient (Wildman–Crippen LogP) is 0.663. The van der Waals surface area contributed by atoms with Crippen molar-refractivity contribution in [2.75, 3.05) is 26.1 Å². The molecule has 9 heavy (non-hydrogen) atoms. The van der Waals surface area contributed by atoms with Crippen molar-refractivity contribution < 1.29 is 19.6 Å². The second-order valence-electron chi connectivity index (χ2n) is 1.17. The molecule has 0 aromatic rings. The summed E-state index contributed by atoms with van der Waals surface area (Å²) in [6.45, 7) is 0.645. The average molecular weight is 157 g/mol. The molecule has 0 radical (unpaired) electrons. The van der Waals surface area contributed by atoms with Crippen LogP contribution in [0.5, 0.6) is 0 Å². The highest BCUT2D eigenvalue weighted by Gasteiger charge is 1.85. The lowest BCUT2D eigenvalue weighted by molar-refractivity contribution is -0.296. The maximum atomic E-state index is 7.73. The molecule has 56 valence electrons. The lowest BCUT2D eigenvalue weighted by Gasteiger charge is -1.99. The Morgan fingerprint density at radius 3 is 2.44 bits per heavy atom. The van der Waals surface area contributed by atoms with Crippen molar-refractivity contribution >= 4 is 11.6 Å². The van der Waals surface area contributed by atoms with Gasteiger partial charge in [-0.05, 0) is 0 Å². The minimum atomic E-state index is -0.133.